The fourth-order valence-corrected chi connectivity index (χ4v) is 5.59. The van der Waals surface area contributed by atoms with Gasteiger partial charge in [-0.25, -0.2) is 9.79 Å². The molecule has 3 aliphatic heterocycles. The first-order valence-corrected chi connectivity index (χ1v) is 12.4. The smallest absolute Gasteiger partial charge is 0.338 e. The summed E-state index contributed by atoms with van der Waals surface area (Å²) in [6.07, 6.45) is 1.23. The van der Waals surface area contributed by atoms with E-state index < -0.39 is 12.0 Å². The van der Waals surface area contributed by atoms with E-state index in [9.17, 15) is 9.59 Å². The molecule has 1 saturated heterocycles. The lowest BCUT2D eigenvalue weighted by atomic mass is 9.93. The molecule has 0 spiro atoms. The first-order valence-electron chi connectivity index (χ1n) is 11.5. The number of aliphatic imine (C=N–C) groups is 1. The summed E-state index contributed by atoms with van der Waals surface area (Å²) in [6, 6.07) is 7.59. The maximum absolute atomic E-state index is 13.2. The van der Waals surface area contributed by atoms with Gasteiger partial charge in [-0.15, -0.1) is 0 Å². The van der Waals surface area contributed by atoms with Crippen LogP contribution in [-0.2, 0) is 14.3 Å². The van der Waals surface area contributed by atoms with Crippen molar-refractivity contribution < 1.29 is 19.1 Å². The van der Waals surface area contributed by atoms with Crippen molar-refractivity contribution in [3.8, 4) is 5.75 Å². The van der Waals surface area contributed by atoms with Crippen LogP contribution >= 0.6 is 11.8 Å². The van der Waals surface area contributed by atoms with Crippen LogP contribution in [0.15, 0.2) is 51.6 Å². The number of amides is 1. The summed E-state index contributed by atoms with van der Waals surface area (Å²) >= 11 is 1.48. The fraction of sp³-hybridized carbons (Fsp3) is 0.480. The number of fused-ring (bicyclic) bond motifs is 1. The Morgan fingerprint density at radius 1 is 1.29 bits per heavy atom. The van der Waals surface area contributed by atoms with E-state index in [1.54, 1.807) is 14.0 Å². The second-order valence-electron chi connectivity index (χ2n) is 8.81. The van der Waals surface area contributed by atoms with E-state index in [1.165, 1.54) is 11.8 Å². The molecule has 2 atom stereocenters. The van der Waals surface area contributed by atoms with Crippen molar-refractivity contribution in [2.24, 2.45) is 4.99 Å². The monoisotopic (exact) mass is 484 g/mol. The predicted octanol–water partition coefficient (Wildman–Crippen LogP) is 3.39. The lowest BCUT2D eigenvalue weighted by molar-refractivity contribution is -0.139. The Labute approximate surface area is 205 Å². The Kier molecular flexibility index (Phi) is 7.33. The van der Waals surface area contributed by atoms with Crippen LogP contribution < -0.4 is 4.74 Å². The Morgan fingerprint density at radius 3 is 2.76 bits per heavy atom. The first kappa shape index (κ1) is 24.3. The molecule has 1 aromatic carbocycles. The standard InChI is InChI=1S/C25H32N4O4S/c1-6-33-24(31)22-16(2)26-25-29(23(22)17-8-7-9-20(12-17)32-5)19(15-34-25)13-21(30)28-11-10-18(14-28)27(3)4/h7-9,12,15,18,23H,6,10-11,13-14H2,1-5H3/t18-,23-/m0/s1. The quantitative estimate of drug-likeness (QED) is 0.549. The van der Waals surface area contributed by atoms with Gasteiger partial charge < -0.3 is 24.2 Å². The number of benzene rings is 1. The topological polar surface area (TPSA) is 74.7 Å². The van der Waals surface area contributed by atoms with Gasteiger partial charge >= 0.3 is 5.97 Å². The van der Waals surface area contributed by atoms with Gasteiger partial charge in [0, 0.05) is 24.8 Å². The normalized spacial score (nSPS) is 22.1. The average molecular weight is 485 g/mol. The summed E-state index contributed by atoms with van der Waals surface area (Å²) in [5.41, 5.74) is 2.82. The van der Waals surface area contributed by atoms with Gasteiger partial charge in [-0.3, -0.25) is 4.79 Å². The summed E-state index contributed by atoms with van der Waals surface area (Å²) in [6.45, 7) is 5.39. The molecule has 0 unspecified atom stereocenters. The van der Waals surface area contributed by atoms with Gasteiger partial charge in [0.1, 0.15) is 5.75 Å². The number of likely N-dealkylation sites (tertiary alicyclic amines) is 1. The largest absolute Gasteiger partial charge is 0.497 e. The Bertz CT molecular complexity index is 1060. The SMILES string of the molecule is CCOC(=O)C1=C(C)N=C2SC=C(CC(=O)N3CC[C@H](N(C)C)C3)N2[C@H]1c1cccc(OC)c1. The number of ether oxygens (including phenoxy) is 2. The highest BCUT2D eigenvalue weighted by Gasteiger charge is 2.42. The van der Waals surface area contributed by atoms with Crippen LogP contribution in [0, 0.1) is 0 Å². The number of thioether (sulfide) groups is 1. The average Bonchev–Trinajstić information content (AvgIpc) is 3.46. The number of carbonyl (C=O) groups is 2. The minimum Gasteiger partial charge on any atom is -0.497 e. The maximum Gasteiger partial charge on any atom is 0.338 e. The summed E-state index contributed by atoms with van der Waals surface area (Å²) in [5.74, 6) is 0.389. The van der Waals surface area contributed by atoms with Gasteiger partial charge in [-0.1, -0.05) is 23.9 Å². The second-order valence-corrected chi connectivity index (χ2v) is 9.65. The summed E-state index contributed by atoms with van der Waals surface area (Å²) in [4.78, 5) is 37.1. The van der Waals surface area contributed by atoms with E-state index >= 15 is 0 Å². The van der Waals surface area contributed by atoms with Crippen LogP contribution in [0.2, 0.25) is 0 Å². The number of hydrogen-bond acceptors (Lipinski definition) is 8. The number of likely N-dealkylation sites (N-methyl/N-ethyl adjacent to an activating group) is 1. The van der Waals surface area contributed by atoms with Crippen LogP contribution in [0.1, 0.15) is 38.3 Å². The highest BCUT2D eigenvalue weighted by molar-refractivity contribution is 8.16. The maximum atomic E-state index is 13.2. The number of rotatable bonds is 7. The van der Waals surface area contributed by atoms with Crippen molar-refractivity contribution in [2.45, 2.75) is 38.8 Å². The molecular formula is C25H32N4O4S. The molecule has 34 heavy (non-hydrogen) atoms. The second kappa shape index (κ2) is 10.2. The van der Waals surface area contributed by atoms with Crippen molar-refractivity contribution in [3.05, 3.63) is 52.2 Å². The Hall–Kier alpha value is -2.78. The van der Waals surface area contributed by atoms with Gasteiger partial charge in [0.05, 0.1) is 37.4 Å². The number of hydrogen-bond donors (Lipinski definition) is 0. The Morgan fingerprint density at radius 2 is 2.09 bits per heavy atom. The van der Waals surface area contributed by atoms with Crippen LogP contribution in [0.5, 0.6) is 5.75 Å². The third-order valence-electron chi connectivity index (χ3n) is 6.48. The fourth-order valence-electron chi connectivity index (χ4n) is 4.62. The zero-order chi connectivity index (χ0) is 24.4. The zero-order valence-corrected chi connectivity index (χ0v) is 21.2. The molecule has 0 aromatic heterocycles. The highest BCUT2D eigenvalue weighted by Crippen LogP contribution is 2.45. The number of nitrogens with zero attached hydrogens (tertiary/aromatic N) is 4. The zero-order valence-electron chi connectivity index (χ0n) is 20.4. The molecule has 3 heterocycles. The molecule has 0 radical (unpaired) electrons. The van der Waals surface area contributed by atoms with Crippen LogP contribution in [0.3, 0.4) is 0 Å². The number of methoxy groups -OCH3 is 1. The number of amidine groups is 1. The molecule has 8 nitrogen and oxygen atoms in total. The summed E-state index contributed by atoms with van der Waals surface area (Å²) < 4.78 is 10.9. The van der Waals surface area contributed by atoms with Crippen molar-refractivity contribution >= 4 is 28.8 Å². The van der Waals surface area contributed by atoms with Gasteiger partial charge in [-0.05, 0) is 57.5 Å². The van der Waals surface area contributed by atoms with Crippen molar-refractivity contribution in [1.29, 1.82) is 0 Å². The van der Waals surface area contributed by atoms with E-state index in [2.05, 4.69) is 19.0 Å². The van der Waals surface area contributed by atoms with E-state index in [0.717, 1.165) is 35.9 Å². The molecule has 1 amide bonds. The lowest BCUT2D eigenvalue weighted by Crippen LogP contribution is -2.39. The van der Waals surface area contributed by atoms with Crippen molar-refractivity contribution in [2.75, 3.05) is 40.9 Å². The summed E-state index contributed by atoms with van der Waals surface area (Å²) in [5, 5.41) is 2.74. The van der Waals surface area contributed by atoms with E-state index in [0.29, 0.717) is 23.1 Å². The molecule has 0 aliphatic carbocycles. The molecule has 182 valence electrons. The third-order valence-corrected chi connectivity index (χ3v) is 7.37. The van der Waals surface area contributed by atoms with E-state index in [1.807, 2.05) is 46.4 Å². The van der Waals surface area contributed by atoms with Crippen molar-refractivity contribution in [3.63, 3.8) is 0 Å². The summed E-state index contributed by atoms with van der Waals surface area (Å²) in [7, 11) is 5.72. The van der Waals surface area contributed by atoms with E-state index in [-0.39, 0.29) is 18.9 Å². The minimum atomic E-state index is -0.455. The van der Waals surface area contributed by atoms with Gasteiger partial charge in [0.2, 0.25) is 5.91 Å². The molecule has 0 N–H and O–H groups in total. The molecule has 9 heteroatoms. The molecule has 0 saturated carbocycles. The highest BCUT2D eigenvalue weighted by atomic mass is 32.2. The number of allylic oxidation sites excluding steroid dienone is 1. The molecular weight excluding hydrogens is 452 g/mol. The third kappa shape index (κ3) is 4.72. The van der Waals surface area contributed by atoms with Gasteiger partial charge in [-0.2, -0.15) is 0 Å². The molecule has 4 rings (SSSR count). The van der Waals surface area contributed by atoms with E-state index in [4.69, 9.17) is 14.5 Å². The minimum absolute atomic E-state index is 0.0887. The lowest BCUT2D eigenvalue weighted by Gasteiger charge is -2.36. The van der Waals surface area contributed by atoms with Crippen LogP contribution in [0.25, 0.3) is 0 Å². The molecule has 1 aromatic rings. The molecule has 3 aliphatic rings. The van der Waals surface area contributed by atoms with Gasteiger partial charge in [0.15, 0.2) is 5.17 Å². The van der Waals surface area contributed by atoms with Crippen LogP contribution in [0.4, 0.5) is 0 Å². The van der Waals surface area contributed by atoms with Crippen LogP contribution in [-0.4, -0.2) is 78.7 Å². The molecule has 0 bridgehead atoms. The first-order chi connectivity index (χ1) is 16.3. The van der Waals surface area contributed by atoms with Gasteiger partial charge in [0.25, 0.3) is 0 Å². The number of esters is 1. The van der Waals surface area contributed by atoms with Crippen molar-refractivity contribution in [1.82, 2.24) is 14.7 Å². The number of carbonyl (C=O) groups excluding carboxylic acids is 2. The predicted molar refractivity (Wildman–Crippen MR) is 133 cm³/mol. The Balaban J connectivity index is 1.66. The molecule has 1 fully saturated rings.